The van der Waals surface area contributed by atoms with Crippen LogP contribution in [0.25, 0.3) is 11.2 Å². The number of hydrogen-bond acceptors (Lipinski definition) is 3. The molecule has 1 aliphatic rings. The van der Waals surface area contributed by atoms with Crippen molar-refractivity contribution in [3.63, 3.8) is 0 Å². The number of nitrogens with zero attached hydrogens (tertiary/aromatic N) is 3. The highest BCUT2D eigenvalue weighted by Crippen LogP contribution is 2.31. The molecule has 2 aromatic heterocycles. The lowest BCUT2D eigenvalue weighted by Crippen LogP contribution is -2.45. The monoisotopic (exact) mass is 258 g/mol. The Hall–Kier alpha value is -1.42. The van der Waals surface area contributed by atoms with Gasteiger partial charge in [0.2, 0.25) is 0 Å². The van der Waals surface area contributed by atoms with Crippen molar-refractivity contribution >= 4 is 11.2 Å². The first-order valence-corrected chi connectivity index (χ1v) is 7.31. The van der Waals surface area contributed by atoms with Gasteiger partial charge in [-0.05, 0) is 51.3 Å². The van der Waals surface area contributed by atoms with E-state index in [1.54, 1.807) is 0 Å². The molecule has 0 amide bonds. The van der Waals surface area contributed by atoms with Gasteiger partial charge in [0.1, 0.15) is 11.3 Å². The molecule has 2 aromatic rings. The smallest absolute Gasteiger partial charge is 0.160 e. The van der Waals surface area contributed by atoms with Gasteiger partial charge in [-0.25, -0.2) is 9.97 Å². The van der Waals surface area contributed by atoms with Gasteiger partial charge >= 0.3 is 0 Å². The van der Waals surface area contributed by atoms with Crippen molar-refractivity contribution in [2.24, 2.45) is 0 Å². The summed E-state index contributed by atoms with van der Waals surface area (Å²) in [6, 6.07) is 4.02. The number of nitrogens with one attached hydrogen (secondary N) is 1. The summed E-state index contributed by atoms with van der Waals surface area (Å²) in [6.07, 6.45) is 6.65. The third-order valence-corrected chi connectivity index (χ3v) is 4.06. The van der Waals surface area contributed by atoms with E-state index in [-0.39, 0.29) is 5.54 Å². The topological polar surface area (TPSA) is 42.7 Å². The Morgan fingerprint density at radius 1 is 1.42 bits per heavy atom. The van der Waals surface area contributed by atoms with Crippen LogP contribution >= 0.6 is 0 Å². The number of aromatic nitrogens is 3. The maximum atomic E-state index is 4.86. The molecule has 3 rings (SSSR count). The molecular weight excluding hydrogens is 236 g/mol. The maximum Gasteiger partial charge on any atom is 0.160 e. The van der Waals surface area contributed by atoms with Crippen molar-refractivity contribution in [3.05, 3.63) is 24.2 Å². The highest BCUT2D eigenvalue weighted by atomic mass is 15.2. The first-order valence-electron chi connectivity index (χ1n) is 7.31. The zero-order valence-corrected chi connectivity index (χ0v) is 11.8. The van der Waals surface area contributed by atoms with Crippen molar-refractivity contribution in [1.82, 2.24) is 19.9 Å². The standard InChI is InChI=1S/C15H22N4/c1-3-11-19-13-12(7-6-9-16-13)18-14(19)15(2)8-4-5-10-17-15/h6-7,9,17H,3-5,8,10-11H2,1-2H3. The Morgan fingerprint density at radius 3 is 3.05 bits per heavy atom. The van der Waals surface area contributed by atoms with E-state index in [4.69, 9.17) is 4.98 Å². The van der Waals surface area contributed by atoms with Crippen molar-refractivity contribution in [2.75, 3.05) is 6.54 Å². The molecule has 1 aliphatic heterocycles. The van der Waals surface area contributed by atoms with Crippen LogP contribution in [0.1, 0.15) is 45.4 Å². The Balaban J connectivity index is 2.13. The largest absolute Gasteiger partial charge is 0.311 e. The third-order valence-electron chi connectivity index (χ3n) is 4.06. The summed E-state index contributed by atoms with van der Waals surface area (Å²) < 4.78 is 2.30. The lowest BCUT2D eigenvalue weighted by atomic mass is 9.90. The predicted octanol–water partition coefficient (Wildman–Crippen LogP) is 2.83. The molecule has 0 spiro atoms. The Bertz CT molecular complexity index is 567. The Kier molecular flexibility index (Phi) is 3.27. The van der Waals surface area contributed by atoms with Gasteiger partial charge in [0.15, 0.2) is 5.65 Å². The normalized spacial score (nSPS) is 23.9. The lowest BCUT2D eigenvalue weighted by Gasteiger charge is -2.34. The number of piperidine rings is 1. The first kappa shape index (κ1) is 12.6. The molecule has 0 radical (unpaired) electrons. The summed E-state index contributed by atoms with van der Waals surface area (Å²) in [5.41, 5.74) is 2.03. The summed E-state index contributed by atoms with van der Waals surface area (Å²) >= 11 is 0. The van der Waals surface area contributed by atoms with Gasteiger partial charge in [-0.15, -0.1) is 0 Å². The molecule has 102 valence electrons. The van der Waals surface area contributed by atoms with Crippen LogP contribution in [0, 0.1) is 0 Å². The molecule has 4 nitrogen and oxygen atoms in total. The van der Waals surface area contributed by atoms with Crippen LogP contribution < -0.4 is 5.32 Å². The second-order valence-electron chi connectivity index (χ2n) is 5.65. The fourth-order valence-electron chi connectivity index (χ4n) is 3.06. The second-order valence-corrected chi connectivity index (χ2v) is 5.65. The van der Waals surface area contributed by atoms with Gasteiger partial charge in [-0.3, -0.25) is 0 Å². The zero-order valence-electron chi connectivity index (χ0n) is 11.8. The van der Waals surface area contributed by atoms with Gasteiger partial charge in [0, 0.05) is 12.7 Å². The Labute approximate surface area is 114 Å². The highest BCUT2D eigenvalue weighted by Gasteiger charge is 2.33. The quantitative estimate of drug-likeness (QED) is 0.920. The molecule has 0 bridgehead atoms. The van der Waals surface area contributed by atoms with Crippen LogP contribution in [0.4, 0.5) is 0 Å². The third kappa shape index (κ3) is 2.14. The minimum Gasteiger partial charge on any atom is -0.311 e. The minimum absolute atomic E-state index is 0.00583. The van der Waals surface area contributed by atoms with Crippen LogP contribution in [-0.4, -0.2) is 21.1 Å². The van der Waals surface area contributed by atoms with E-state index >= 15 is 0 Å². The number of hydrogen-bond donors (Lipinski definition) is 1. The molecule has 1 fully saturated rings. The molecule has 19 heavy (non-hydrogen) atoms. The molecule has 0 aromatic carbocycles. The molecule has 1 unspecified atom stereocenters. The lowest BCUT2D eigenvalue weighted by molar-refractivity contribution is 0.261. The molecule has 3 heterocycles. The first-order chi connectivity index (χ1) is 9.24. The summed E-state index contributed by atoms with van der Waals surface area (Å²) in [5.74, 6) is 1.16. The Morgan fingerprint density at radius 2 is 2.32 bits per heavy atom. The van der Waals surface area contributed by atoms with Crippen LogP contribution in [0.5, 0.6) is 0 Å². The average molecular weight is 258 g/mol. The molecule has 0 aliphatic carbocycles. The SMILES string of the molecule is CCCn1c(C2(C)CCCCN2)nc2cccnc21. The summed E-state index contributed by atoms with van der Waals surface area (Å²) in [5, 5.41) is 3.66. The van der Waals surface area contributed by atoms with E-state index in [0.717, 1.165) is 42.9 Å². The van der Waals surface area contributed by atoms with Crippen molar-refractivity contribution in [1.29, 1.82) is 0 Å². The molecular formula is C15H22N4. The summed E-state index contributed by atoms with van der Waals surface area (Å²) in [7, 11) is 0. The van der Waals surface area contributed by atoms with Crippen LogP contribution in [0.3, 0.4) is 0 Å². The average Bonchev–Trinajstić information content (AvgIpc) is 2.80. The second kappa shape index (κ2) is 4.93. The van der Waals surface area contributed by atoms with Crippen molar-refractivity contribution in [3.8, 4) is 0 Å². The summed E-state index contributed by atoms with van der Waals surface area (Å²) in [4.78, 5) is 9.38. The molecule has 4 heteroatoms. The molecule has 1 N–H and O–H groups in total. The molecule has 1 saturated heterocycles. The predicted molar refractivity (Wildman–Crippen MR) is 77.0 cm³/mol. The fourth-order valence-corrected chi connectivity index (χ4v) is 3.06. The highest BCUT2D eigenvalue weighted by molar-refractivity contribution is 5.71. The van der Waals surface area contributed by atoms with E-state index in [2.05, 4.69) is 34.8 Å². The van der Waals surface area contributed by atoms with Gasteiger partial charge in [-0.1, -0.05) is 6.92 Å². The number of imidazole rings is 1. The number of rotatable bonds is 3. The zero-order chi connectivity index (χ0) is 13.3. The maximum absolute atomic E-state index is 4.86. The van der Waals surface area contributed by atoms with Gasteiger partial charge in [0.25, 0.3) is 0 Å². The van der Waals surface area contributed by atoms with Crippen LogP contribution in [-0.2, 0) is 12.1 Å². The summed E-state index contributed by atoms with van der Waals surface area (Å²) in [6.45, 7) is 6.55. The van der Waals surface area contributed by atoms with Gasteiger partial charge < -0.3 is 9.88 Å². The number of pyridine rings is 1. The van der Waals surface area contributed by atoms with E-state index in [9.17, 15) is 0 Å². The van der Waals surface area contributed by atoms with Gasteiger partial charge in [-0.2, -0.15) is 0 Å². The number of fused-ring (bicyclic) bond motifs is 1. The van der Waals surface area contributed by atoms with E-state index < -0.39 is 0 Å². The minimum atomic E-state index is -0.00583. The van der Waals surface area contributed by atoms with Crippen molar-refractivity contribution in [2.45, 2.75) is 51.6 Å². The fraction of sp³-hybridized carbons (Fsp3) is 0.600. The van der Waals surface area contributed by atoms with Crippen LogP contribution in [0.2, 0.25) is 0 Å². The van der Waals surface area contributed by atoms with E-state index in [0.29, 0.717) is 0 Å². The number of aryl methyl sites for hydroxylation is 1. The van der Waals surface area contributed by atoms with Gasteiger partial charge in [0.05, 0.1) is 5.54 Å². The van der Waals surface area contributed by atoms with E-state index in [1.165, 1.54) is 12.8 Å². The van der Waals surface area contributed by atoms with E-state index in [1.807, 2.05) is 12.3 Å². The molecule has 0 saturated carbocycles. The van der Waals surface area contributed by atoms with Crippen LogP contribution in [0.15, 0.2) is 18.3 Å². The van der Waals surface area contributed by atoms with Crippen molar-refractivity contribution < 1.29 is 0 Å². The molecule has 1 atom stereocenters.